The van der Waals surface area contributed by atoms with E-state index in [0.29, 0.717) is 24.5 Å². The van der Waals surface area contributed by atoms with Gasteiger partial charge in [0, 0.05) is 18.3 Å². The number of hydrogen-bond donors (Lipinski definition) is 0. The van der Waals surface area contributed by atoms with Crippen molar-refractivity contribution in [1.29, 1.82) is 0 Å². The van der Waals surface area contributed by atoms with E-state index in [-0.39, 0.29) is 25.7 Å². The van der Waals surface area contributed by atoms with E-state index < -0.39 is 5.97 Å². The van der Waals surface area contributed by atoms with Gasteiger partial charge in [-0.25, -0.2) is 0 Å². The summed E-state index contributed by atoms with van der Waals surface area (Å²) in [6.07, 6.45) is 0.732. The van der Waals surface area contributed by atoms with Gasteiger partial charge in [-0.05, 0) is 35.6 Å². The Morgan fingerprint density at radius 2 is 2.08 bits per heavy atom. The van der Waals surface area contributed by atoms with Gasteiger partial charge in [-0.1, -0.05) is 12.1 Å². The van der Waals surface area contributed by atoms with Gasteiger partial charge in [-0.2, -0.15) is 0 Å². The molecular weight excluding hydrogens is 342 g/mol. The fourth-order valence-corrected chi connectivity index (χ4v) is 3.15. The minimum Gasteiger partial charge on any atom is -0.456 e. The number of ether oxygens (including phenoxy) is 3. The Labute approximate surface area is 149 Å². The SMILES string of the molecule is CN(Cc1cccs1)C(=O)COC(=O)CCc1ccc2c(c1)OCO2. The number of benzene rings is 1. The maximum Gasteiger partial charge on any atom is 0.306 e. The molecule has 2 aromatic rings. The molecule has 3 rings (SSSR count). The van der Waals surface area contributed by atoms with E-state index in [9.17, 15) is 9.59 Å². The van der Waals surface area contributed by atoms with E-state index in [1.165, 1.54) is 0 Å². The summed E-state index contributed by atoms with van der Waals surface area (Å²) in [4.78, 5) is 26.5. The maximum atomic E-state index is 12.0. The van der Waals surface area contributed by atoms with Gasteiger partial charge in [0.1, 0.15) is 0 Å². The molecule has 1 aliphatic rings. The van der Waals surface area contributed by atoms with Crippen LogP contribution in [0.2, 0.25) is 0 Å². The summed E-state index contributed by atoms with van der Waals surface area (Å²) in [5.41, 5.74) is 0.960. The quantitative estimate of drug-likeness (QED) is 0.710. The third kappa shape index (κ3) is 4.73. The summed E-state index contributed by atoms with van der Waals surface area (Å²) in [7, 11) is 1.70. The van der Waals surface area contributed by atoms with Crippen molar-refractivity contribution in [2.75, 3.05) is 20.4 Å². The Kier molecular flexibility index (Phi) is 5.55. The lowest BCUT2D eigenvalue weighted by Crippen LogP contribution is -2.30. The number of amides is 1. The first-order chi connectivity index (χ1) is 12.1. The molecule has 25 heavy (non-hydrogen) atoms. The van der Waals surface area contributed by atoms with Crippen molar-refractivity contribution >= 4 is 23.2 Å². The van der Waals surface area contributed by atoms with E-state index in [4.69, 9.17) is 14.2 Å². The molecule has 0 saturated carbocycles. The molecule has 0 fully saturated rings. The van der Waals surface area contributed by atoms with Gasteiger partial charge in [0.05, 0.1) is 6.54 Å². The molecule has 7 heteroatoms. The molecule has 0 radical (unpaired) electrons. The topological polar surface area (TPSA) is 65.1 Å². The average molecular weight is 361 g/mol. The molecule has 0 saturated heterocycles. The molecule has 1 aromatic carbocycles. The summed E-state index contributed by atoms with van der Waals surface area (Å²) < 4.78 is 15.6. The Morgan fingerprint density at radius 1 is 1.24 bits per heavy atom. The van der Waals surface area contributed by atoms with Gasteiger partial charge in [-0.15, -0.1) is 11.3 Å². The predicted molar refractivity (Wildman–Crippen MR) is 92.6 cm³/mol. The van der Waals surface area contributed by atoms with E-state index in [1.807, 2.05) is 35.7 Å². The number of hydrogen-bond acceptors (Lipinski definition) is 6. The highest BCUT2D eigenvalue weighted by atomic mass is 32.1. The number of carbonyl (C=O) groups excluding carboxylic acids is 2. The molecule has 0 unspecified atom stereocenters. The van der Waals surface area contributed by atoms with Crippen LogP contribution in [0, 0.1) is 0 Å². The molecule has 1 amide bonds. The lowest BCUT2D eigenvalue weighted by Gasteiger charge is -2.16. The second-order valence-electron chi connectivity index (χ2n) is 5.68. The van der Waals surface area contributed by atoms with Gasteiger partial charge >= 0.3 is 5.97 Å². The first-order valence-electron chi connectivity index (χ1n) is 7.92. The number of carbonyl (C=O) groups is 2. The van der Waals surface area contributed by atoms with E-state index >= 15 is 0 Å². The fraction of sp³-hybridized carbons (Fsp3) is 0.333. The number of esters is 1. The predicted octanol–water partition coefficient (Wildman–Crippen LogP) is 2.61. The zero-order valence-corrected chi connectivity index (χ0v) is 14.7. The van der Waals surface area contributed by atoms with Gasteiger partial charge in [-0.3, -0.25) is 9.59 Å². The molecule has 0 aliphatic carbocycles. The van der Waals surface area contributed by atoms with Crippen LogP contribution in [0.25, 0.3) is 0 Å². The first kappa shape index (κ1) is 17.3. The summed E-state index contributed by atoms with van der Waals surface area (Å²) >= 11 is 1.59. The van der Waals surface area contributed by atoms with E-state index in [2.05, 4.69) is 0 Å². The van der Waals surface area contributed by atoms with E-state index in [0.717, 1.165) is 10.4 Å². The first-order valence-corrected chi connectivity index (χ1v) is 8.80. The second-order valence-corrected chi connectivity index (χ2v) is 6.71. The summed E-state index contributed by atoms with van der Waals surface area (Å²) in [6, 6.07) is 9.47. The summed E-state index contributed by atoms with van der Waals surface area (Å²) in [5.74, 6) is 0.794. The van der Waals surface area contributed by atoms with Gasteiger partial charge < -0.3 is 19.1 Å². The van der Waals surface area contributed by atoms with Crippen molar-refractivity contribution < 1.29 is 23.8 Å². The molecule has 2 heterocycles. The molecule has 0 bridgehead atoms. The molecule has 0 N–H and O–H groups in total. The lowest BCUT2D eigenvalue weighted by atomic mass is 10.1. The van der Waals surface area contributed by atoms with Crippen LogP contribution < -0.4 is 9.47 Å². The third-order valence-electron chi connectivity index (χ3n) is 3.81. The van der Waals surface area contributed by atoms with Crippen molar-refractivity contribution in [3.05, 3.63) is 46.2 Å². The van der Waals surface area contributed by atoms with Crippen LogP contribution in [0.15, 0.2) is 35.7 Å². The Hall–Kier alpha value is -2.54. The Bertz CT molecular complexity index is 744. The zero-order valence-electron chi connectivity index (χ0n) is 13.9. The highest BCUT2D eigenvalue weighted by molar-refractivity contribution is 7.09. The number of aryl methyl sites for hydroxylation is 1. The van der Waals surface area contributed by atoms with Crippen LogP contribution in [-0.2, 0) is 27.3 Å². The molecule has 132 valence electrons. The summed E-state index contributed by atoms with van der Waals surface area (Å²) in [6.45, 7) is 0.509. The molecule has 0 spiro atoms. The van der Waals surface area contributed by atoms with Crippen LogP contribution in [0.1, 0.15) is 16.9 Å². The van der Waals surface area contributed by atoms with E-state index in [1.54, 1.807) is 23.3 Å². The van der Waals surface area contributed by atoms with Crippen molar-refractivity contribution in [2.24, 2.45) is 0 Å². The van der Waals surface area contributed by atoms with Crippen LogP contribution in [0.5, 0.6) is 11.5 Å². The number of thiophene rings is 1. The van der Waals surface area contributed by atoms with Crippen molar-refractivity contribution in [3.8, 4) is 11.5 Å². The average Bonchev–Trinajstić information content (AvgIpc) is 3.28. The fourth-order valence-electron chi connectivity index (χ4n) is 2.39. The van der Waals surface area contributed by atoms with Crippen LogP contribution >= 0.6 is 11.3 Å². The standard InChI is InChI=1S/C18H19NO5S/c1-19(10-14-3-2-8-25-14)17(20)11-22-18(21)7-5-13-4-6-15-16(9-13)24-12-23-15/h2-4,6,8-9H,5,7,10-12H2,1H3. The van der Waals surface area contributed by atoms with Crippen molar-refractivity contribution in [2.45, 2.75) is 19.4 Å². The number of likely N-dealkylation sites (N-methyl/N-ethyl adjacent to an activating group) is 1. The Balaban J connectivity index is 1.39. The normalized spacial score (nSPS) is 12.0. The molecule has 6 nitrogen and oxygen atoms in total. The molecule has 0 atom stereocenters. The number of fused-ring (bicyclic) bond motifs is 1. The molecule has 1 aliphatic heterocycles. The Morgan fingerprint density at radius 3 is 2.88 bits per heavy atom. The monoisotopic (exact) mass is 361 g/mol. The van der Waals surface area contributed by atoms with Gasteiger partial charge in [0.25, 0.3) is 5.91 Å². The third-order valence-corrected chi connectivity index (χ3v) is 4.67. The molecular formula is C18H19NO5S. The number of nitrogens with zero attached hydrogens (tertiary/aromatic N) is 1. The van der Waals surface area contributed by atoms with Crippen LogP contribution in [-0.4, -0.2) is 37.2 Å². The second kappa shape index (κ2) is 8.02. The van der Waals surface area contributed by atoms with Crippen LogP contribution in [0.4, 0.5) is 0 Å². The highest BCUT2D eigenvalue weighted by Crippen LogP contribution is 2.32. The largest absolute Gasteiger partial charge is 0.456 e. The zero-order chi connectivity index (χ0) is 17.6. The minimum atomic E-state index is -0.393. The van der Waals surface area contributed by atoms with Crippen molar-refractivity contribution in [1.82, 2.24) is 4.90 Å². The lowest BCUT2D eigenvalue weighted by molar-refractivity contribution is -0.151. The minimum absolute atomic E-state index is 0.210. The van der Waals surface area contributed by atoms with Gasteiger partial charge in [0.15, 0.2) is 18.1 Å². The summed E-state index contributed by atoms with van der Waals surface area (Å²) in [5, 5.41) is 1.96. The highest BCUT2D eigenvalue weighted by Gasteiger charge is 2.15. The molecule has 1 aromatic heterocycles. The maximum absolute atomic E-state index is 12.0. The van der Waals surface area contributed by atoms with Crippen molar-refractivity contribution in [3.63, 3.8) is 0 Å². The van der Waals surface area contributed by atoms with Gasteiger partial charge in [0.2, 0.25) is 6.79 Å². The smallest absolute Gasteiger partial charge is 0.306 e. The number of rotatable bonds is 7. The van der Waals surface area contributed by atoms with Crippen LogP contribution in [0.3, 0.4) is 0 Å².